The minimum absolute atomic E-state index is 0. The Labute approximate surface area is 218 Å². The predicted molar refractivity (Wildman–Crippen MR) is 71.9 cm³/mol. The van der Waals surface area contributed by atoms with Crippen molar-refractivity contribution in [3.63, 3.8) is 0 Å². The summed E-state index contributed by atoms with van der Waals surface area (Å²) in [6, 6.07) is 0. The maximum absolute atomic E-state index is 11.3. The summed E-state index contributed by atoms with van der Waals surface area (Å²) in [7, 11) is 0. The van der Waals surface area contributed by atoms with Crippen molar-refractivity contribution in [1.29, 1.82) is 0 Å². The molecule has 30 heavy (non-hydrogen) atoms. The summed E-state index contributed by atoms with van der Waals surface area (Å²) >= 11 is 0. The van der Waals surface area contributed by atoms with Crippen LogP contribution >= 0.6 is 0 Å². The fraction of sp³-hybridized carbons (Fsp3) is 0.500. The largest absolute Gasteiger partial charge is 0.481 e. The van der Waals surface area contributed by atoms with Gasteiger partial charge in [-0.3, -0.25) is 19.2 Å². The van der Waals surface area contributed by atoms with Crippen LogP contribution in [0.4, 0.5) is 0 Å². The second kappa shape index (κ2) is 16.9. The summed E-state index contributed by atoms with van der Waals surface area (Å²) in [6.45, 7) is 0. The molecule has 0 aromatic rings. The molecule has 0 unspecified atom stereocenters. The Balaban J connectivity index is -0.000000521. The average molecular weight is 644 g/mol. The van der Waals surface area contributed by atoms with Crippen LogP contribution in [0.15, 0.2) is 0 Å². The molecule has 0 aromatic carbocycles. The topological polar surface area (TPSA) is 242 Å². The first-order valence-electron chi connectivity index (χ1n) is 6.47. The maximum atomic E-state index is 11.3. The Kier molecular flexibility index (Phi) is 22.3. The molecule has 0 fully saturated rings. The molecule has 6 N–H and O–H groups in total. The van der Waals surface area contributed by atoms with Crippen LogP contribution in [0.25, 0.3) is 0 Å². The molecule has 0 amide bonds. The maximum Gasteiger partial charge on any atom is 0.340 e. The fourth-order valence-electron chi connectivity index (χ4n) is 1.75. The standard InChI is InChI=1S/C12H14O14.4Zn/c13-5(14)1-11(9(21)22,2-6(15)16)25-26-12(10(23)24,3-7(17)18)4-8(19)20;;;;/h1-4H2,(H,13,14)(H,15,16)(H,17,18)(H,19,20)(H,21,22)(H,23,24);;;;. The zero-order valence-corrected chi connectivity index (χ0v) is 27.5. The van der Waals surface area contributed by atoms with Crippen molar-refractivity contribution in [2.45, 2.75) is 36.9 Å². The molecule has 0 atom stereocenters. The van der Waals surface area contributed by atoms with Gasteiger partial charge in [-0.1, -0.05) is 0 Å². The number of rotatable bonds is 13. The monoisotopic (exact) mass is 638 g/mol. The van der Waals surface area contributed by atoms with E-state index < -0.39 is 72.7 Å². The van der Waals surface area contributed by atoms with Crippen molar-refractivity contribution in [2.24, 2.45) is 0 Å². The van der Waals surface area contributed by atoms with Gasteiger partial charge in [0.05, 0.1) is 25.7 Å². The second-order valence-electron chi connectivity index (χ2n) is 5.05. The Morgan fingerprint density at radius 3 is 0.733 bits per heavy atom. The van der Waals surface area contributed by atoms with Crippen molar-refractivity contribution >= 4 is 35.8 Å². The van der Waals surface area contributed by atoms with E-state index in [0.29, 0.717) is 0 Å². The molecular weight excluding hydrogens is 630 g/mol. The van der Waals surface area contributed by atoms with Crippen LogP contribution in [0.1, 0.15) is 25.7 Å². The quantitative estimate of drug-likeness (QED) is 0.0758. The molecule has 0 aliphatic heterocycles. The molecule has 0 saturated heterocycles. The van der Waals surface area contributed by atoms with Gasteiger partial charge in [0.1, 0.15) is 0 Å². The van der Waals surface area contributed by atoms with Crippen LogP contribution in [0.2, 0.25) is 0 Å². The number of carboxylic acids is 6. The van der Waals surface area contributed by atoms with Gasteiger partial charge in [0.15, 0.2) is 0 Å². The number of carbonyl (C=O) groups is 6. The minimum atomic E-state index is -3.14. The molecule has 0 spiro atoms. The van der Waals surface area contributed by atoms with E-state index >= 15 is 0 Å². The van der Waals surface area contributed by atoms with Gasteiger partial charge in [-0.05, 0) is 0 Å². The third-order valence-corrected chi connectivity index (χ3v) is 2.89. The fourth-order valence-corrected chi connectivity index (χ4v) is 1.75. The van der Waals surface area contributed by atoms with Crippen LogP contribution in [0.5, 0.6) is 0 Å². The third-order valence-electron chi connectivity index (χ3n) is 2.89. The van der Waals surface area contributed by atoms with Crippen molar-refractivity contribution < 1.29 is 147 Å². The Hall–Kier alpha value is -0.766. The van der Waals surface area contributed by atoms with E-state index in [2.05, 4.69) is 9.78 Å². The molecule has 0 aliphatic carbocycles. The van der Waals surface area contributed by atoms with Crippen molar-refractivity contribution in [3.05, 3.63) is 0 Å². The molecule has 0 rings (SSSR count). The van der Waals surface area contributed by atoms with Gasteiger partial charge in [0.2, 0.25) is 11.2 Å². The van der Waals surface area contributed by atoms with Gasteiger partial charge in [-0.25, -0.2) is 19.4 Å². The molecule has 0 radical (unpaired) electrons. The number of aliphatic carboxylic acids is 6. The minimum Gasteiger partial charge on any atom is -0.481 e. The summed E-state index contributed by atoms with van der Waals surface area (Å²) in [6.07, 6.45) is -6.04. The van der Waals surface area contributed by atoms with Gasteiger partial charge in [0.25, 0.3) is 0 Å². The van der Waals surface area contributed by atoms with Crippen LogP contribution in [-0.2, 0) is 116 Å². The van der Waals surface area contributed by atoms with Crippen LogP contribution in [-0.4, -0.2) is 77.7 Å². The van der Waals surface area contributed by atoms with Crippen molar-refractivity contribution in [2.75, 3.05) is 0 Å². The molecule has 14 nitrogen and oxygen atoms in total. The predicted octanol–water partition coefficient (Wildman–Crippen LogP) is -1.53. The van der Waals surface area contributed by atoms with Gasteiger partial charge in [-0.15, -0.1) is 0 Å². The van der Waals surface area contributed by atoms with E-state index in [1.807, 2.05) is 0 Å². The molecule has 0 aliphatic rings. The average Bonchev–Trinajstić information content (AvgIpc) is 2.41. The van der Waals surface area contributed by atoms with Crippen LogP contribution in [0.3, 0.4) is 0 Å². The van der Waals surface area contributed by atoms with Gasteiger partial charge >= 0.3 is 35.8 Å². The normalized spacial score (nSPS) is 10.0. The van der Waals surface area contributed by atoms with E-state index in [9.17, 15) is 28.8 Å². The third kappa shape index (κ3) is 12.8. The second-order valence-corrected chi connectivity index (χ2v) is 5.05. The van der Waals surface area contributed by atoms with Crippen LogP contribution in [0, 0.1) is 0 Å². The van der Waals surface area contributed by atoms with E-state index in [0.717, 1.165) is 0 Å². The zero-order chi connectivity index (χ0) is 20.7. The Morgan fingerprint density at radius 2 is 0.633 bits per heavy atom. The Bertz CT molecular complexity index is 550. The molecule has 0 bridgehead atoms. The number of carboxylic acid groups (broad SMARTS) is 6. The van der Waals surface area contributed by atoms with Crippen molar-refractivity contribution in [1.82, 2.24) is 0 Å². The summed E-state index contributed by atoms with van der Waals surface area (Å²) < 4.78 is 0. The number of hydrogen-bond donors (Lipinski definition) is 6. The molecule has 0 heterocycles. The van der Waals surface area contributed by atoms with E-state index in [4.69, 9.17) is 30.6 Å². The van der Waals surface area contributed by atoms with Gasteiger partial charge < -0.3 is 30.6 Å². The van der Waals surface area contributed by atoms with E-state index in [-0.39, 0.29) is 77.9 Å². The molecule has 154 valence electrons. The SMILES string of the molecule is O=C(O)CC(CC(=O)O)(OOC(CC(=O)O)(CC(=O)O)C(=O)O)C(=O)O.[Zn].[Zn].[Zn].[Zn]. The Morgan fingerprint density at radius 1 is 0.467 bits per heavy atom. The molecule has 0 saturated carbocycles. The van der Waals surface area contributed by atoms with E-state index in [1.54, 1.807) is 0 Å². The zero-order valence-electron chi connectivity index (χ0n) is 15.6. The summed E-state index contributed by atoms with van der Waals surface area (Å²) in [5.74, 6) is -11.8. The summed E-state index contributed by atoms with van der Waals surface area (Å²) in [5.41, 5.74) is -6.29. The summed E-state index contributed by atoms with van der Waals surface area (Å²) in [5, 5.41) is 53.2. The van der Waals surface area contributed by atoms with Gasteiger partial charge in [-0.2, -0.15) is 0 Å². The first kappa shape index (κ1) is 39.7. The molecule has 0 aromatic heterocycles. The molecule has 18 heteroatoms. The van der Waals surface area contributed by atoms with E-state index in [1.165, 1.54) is 0 Å². The first-order valence-corrected chi connectivity index (χ1v) is 6.47. The van der Waals surface area contributed by atoms with Gasteiger partial charge in [0, 0.05) is 77.9 Å². The smallest absolute Gasteiger partial charge is 0.340 e. The number of hydrogen-bond acceptors (Lipinski definition) is 8. The van der Waals surface area contributed by atoms with Crippen molar-refractivity contribution in [3.8, 4) is 0 Å². The van der Waals surface area contributed by atoms with Crippen LogP contribution < -0.4 is 0 Å². The first-order chi connectivity index (χ1) is 11.8. The molecular formula is C12H14O14Zn4. The summed E-state index contributed by atoms with van der Waals surface area (Å²) in [4.78, 5) is 74.4.